The number of aromatic amines is 1. The second-order valence-corrected chi connectivity index (χ2v) is 7.11. The fraction of sp³-hybridized carbons (Fsp3) is 0.556. The third kappa shape index (κ3) is 4.87. The topological polar surface area (TPSA) is 119 Å². The summed E-state index contributed by atoms with van der Waals surface area (Å²) in [6, 6.07) is 0. The lowest BCUT2D eigenvalue weighted by atomic mass is 10.2. The van der Waals surface area contributed by atoms with E-state index < -0.39 is 11.2 Å². The number of carbonyl (C=O) groups is 1. The van der Waals surface area contributed by atoms with E-state index in [1.54, 1.807) is 12.4 Å². The van der Waals surface area contributed by atoms with Crippen LogP contribution in [0.1, 0.15) is 39.2 Å². The molecule has 0 bridgehead atoms. The van der Waals surface area contributed by atoms with Crippen LogP contribution in [0.4, 0.5) is 11.5 Å². The number of hydrogen-bond acceptors (Lipinski definition) is 5. The molecule has 9 nitrogen and oxygen atoms in total. The molecule has 27 heavy (non-hydrogen) atoms. The normalized spacial score (nSPS) is 11.1. The molecule has 2 aromatic rings. The zero-order chi connectivity index (χ0) is 20.1. The van der Waals surface area contributed by atoms with Crippen LogP contribution in [0.2, 0.25) is 0 Å². The van der Waals surface area contributed by atoms with Crippen molar-refractivity contribution in [2.45, 2.75) is 53.6 Å². The number of unbranched alkanes of at least 4 members (excludes halogenated alkanes) is 1. The van der Waals surface area contributed by atoms with Gasteiger partial charge in [-0.05, 0) is 24.8 Å². The molecule has 0 aromatic carbocycles. The van der Waals surface area contributed by atoms with E-state index >= 15 is 0 Å². The molecule has 0 radical (unpaired) electrons. The minimum atomic E-state index is -0.657. The molecular weight excluding hydrogens is 348 g/mol. The van der Waals surface area contributed by atoms with Gasteiger partial charge < -0.3 is 10.6 Å². The molecule has 2 aromatic heterocycles. The van der Waals surface area contributed by atoms with Gasteiger partial charge in [0.25, 0.3) is 5.56 Å². The molecule has 148 valence electrons. The number of amides is 1. The van der Waals surface area contributed by atoms with Crippen molar-refractivity contribution in [1.29, 1.82) is 0 Å². The van der Waals surface area contributed by atoms with Crippen molar-refractivity contribution in [2.24, 2.45) is 5.92 Å². The summed E-state index contributed by atoms with van der Waals surface area (Å²) in [6.07, 6.45) is 5.02. The van der Waals surface area contributed by atoms with Crippen molar-refractivity contribution in [3.63, 3.8) is 0 Å². The van der Waals surface area contributed by atoms with Gasteiger partial charge in [0.15, 0.2) is 5.69 Å². The van der Waals surface area contributed by atoms with Crippen LogP contribution in [0.25, 0.3) is 0 Å². The van der Waals surface area contributed by atoms with Gasteiger partial charge in [-0.15, -0.1) is 0 Å². The summed E-state index contributed by atoms with van der Waals surface area (Å²) < 4.78 is 2.83. The van der Waals surface area contributed by atoms with Gasteiger partial charge in [-0.3, -0.25) is 23.8 Å². The highest BCUT2D eigenvalue weighted by Crippen LogP contribution is 2.19. The number of nitrogens with zero attached hydrogens (tertiary/aromatic N) is 4. The Morgan fingerprint density at radius 3 is 2.63 bits per heavy atom. The number of H-pyrrole nitrogens is 1. The zero-order valence-electron chi connectivity index (χ0n) is 16.4. The van der Waals surface area contributed by atoms with Crippen LogP contribution in [-0.4, -0.2) is 31.8 Å². The number of nitrogens with one attached hydrogen (secondary N) is 1. The van der Waals surface area contributed by atoms with Gasteiger partial charge in [-0.25, -0.2) is 4.79 Å². The van der Waals surface area contributed by atoms with E-state index in [1.807, 2.05) is 27.7 Å². The number of aromatic nitrogens is 4. The smallest absolute Gasteiger partial charge is 0.330 e. The maximum Gasteiger partial charge on any atom is 0.330 e. The van der Waals surface area contributed by atoms with E-state index in [-0.39, 0.29) is 29.9 Å². The Morgan fingerprint density at radius 2 is 2.07 bits per heavy atom. The van der Waals surface area contributed by atoms with Gasteiger partial charge in [0.2, 0.25) is 5.91 Å². The first-order chi connectivity index (χ1) is 12.7. The minimum Gasteiger partial charge on any atom is -0.383 e. The maximum atomic E-state index is 12.9. The summed E-state index contributed by atoms with van der Waals surface area (Å²) in [5, 5.41) is 4.12. The predicted octanol–water partition coefficient (Wildman–Crippen LogP) is 1.11. The second kappa shape index (κ2) is 8.70. The molecule has 2 rings (SSSR count). The van der Waals surface area contributed by atoms with Gasteiger partial charge in [-0.2, -0.15) is 5.10 Å². The van der Waals surface area contributed by atoms with Crippen LogP contribution in [0, 0.1) is 12.8 Å². The standard InChI is InChI=1S/C18H28N6O3/c1-5-6-7-23-16(19)15(17(26)21-18(23)27)24(9-12(2)3)14(25)11-22-10-13(4)8-20-22/h8,10,12H,5-7,9,11,19H2,1-4H3,(H,21,26,27). The summed E-state index contributed by atoms with van der Waals surface area (Å²) in [7, 11) is 0. The average molecular weight is 376 g/mol. The molecule has 0 aliphatic heterocycles. The molecular formula is C18H28N6O3. The minimum absolute atomic E-state index is 0.0165. The van der Waals surface area contributed by atoms with E-state index in [0.717, 1.165) is 18.4 Å². The first kappa shape index (κ1) is 20.5. The maximum absolute atomic E-state index is 12.9. The molecule has 3 N–H and O–H groups in total. The number of aryl methyl sites for hydroxylation is 1. The Bertz CT molecular complexity index is 909. The Labute approximate surface area is 157 Å². The lowest BCUT2D eigenvalue weighted by Crippen LogP contribution is -2.44. The molecule has 0 spiro atoms. The summed E-state index contributed by atoms with van der Waals surface area (Å²) in [5.74, 6) is -0.198. The molecule has 9 heteroatoms. The molecule has 0 fully saturated rings. The van der Waals surface area contributed by atoms with Gasteiger partial charge in [0.05, 0.1) is 6.20 Å². The first-order valence-electron chi connectivity index (χ1n) is 9.16. The molecule has 2 heterocycles. The van der Waals surface area contributed by atoms with Crippen LogP contribution < -0.4 is 21.9 Å². The molecule has 0 saturated carbocycles. The number of rotatable bonds is 8. The number of nitrogen functional groups attached to an aromatic ring is 1. The van der Waals surface area contributed by atoms with Crippen LogP contribution in [-0.2, 0) is 17.9 Å². The average Bonchev–Trinajstić information content (AvgIpc) is 2.98. The SMILES string of the molecule is CCCCn1c(N)c(N(CC(C)C)C(=O)Cn2cc(C)cn2)c(=O)[nH]c1=O. The second-order valence-electron chi connectivity index (χ2n) is 7.11. The molecule has 0 saturated heterocycles. The van der Waals surface area contributed by atoms with E-state index in [0.29, 0.717) is 13.1 Å². The molecule has 0 unspecified atom stereocenters. The Hall–Kier alpha value is -2.84. The van der Waals surface area contributed by atoms with Crippen molar-refractivity contribution in [3.05, 3.63) is 38.8 Å². The lowest BCUT2D eigenvalue weighted by Gasteiger charge is -2.26. The largest absolute Gasteiger partial charge is 0.383 e. The van der Waals surface area contributed by atoms with Crippen molar-refractivity contribution in [3.8, 4) is 0 Å². The Kier molecular flexibility index (Phi) is 6.59. The highest BCUT2D eigenvalue weighted by molar-refractivity contribution is 5.95. The van der Waals surface area contributed by atoms with Gasteiger partial charge in [0, 0.05) is 19.3 Å². The molecule has 0 aliphatic rings. The monoisotopic (exact) mass is 376 g/mol. The van der Waals surface area contributed by atoms with Gasteiger partial charge >= 0.3 is 5.69 Å². The summed E-state index contributed by atoms with van der Waals surface area (Å²) in [5.41, 5.74) is 5.90. The van der Waals surface area contributed by atoms with Crippen LogP contribution in [0.5, 0.6) is 0 Å². The fourth-order valence-electron chi connectivity index (χ4n) is 2.84. The van der Waals surface area contributed by atoms with E-state index in [2.05, 4.69) is 10.1 Å². The first-order valence-corrected chi connectivity index (χ1v) is 9.16. The molecule has 1 amide bonds. The third-order valence-corrected chi connectivity index (χ3v) is 4.13. The van der Waals surface area contributed by atoms with Crippen molar-refractivity contribution >= 4 is 17.4 Å². The number of nitrogens with two attached hydrogens (primary N) is 1. The van der Waals surface area contributed by atoms with Crippen molar-refractivity contribution in [2.75, 3.05) is 17.2 Å². The lowest BCUT2D eigenvalue weighted by molar-refractivity contribution is -0.119. The number of hydrogen-bond donors (Lipinski definition) is 2. The van der Waals surface area contributed by atoms with E-state index in [4.69, 9.17) is 5.73 Å². The summed E-state index contributed by atoms with van der Waals surface area (Å²) in [6.45, 7) is 8.42. The van der Waals surface area contributed by atoms with E-state index in [9.17, 15) is 14.4 Å². The van der Waals surface area contributed by atoms with Crippen molar-refractivity contribution < 1.29 is 4.79 Å². The quantitative estimate of drug-likeness (QED) is 0.715. The van der Waals surface area contributed by atoms with Crippen LogP contribution in [0.3, 0.4) is 0 Å². The van der Waals surface area contributed by atoms with Gasteiger partial charge in [-0.1, -0.05) is 27.2 Å². The zero-order valence-corrected chi connectivity index (χ0v) is 16.4. The van der Waals surface area contributed by atoms with E-state index in [1.165, 1.54) is 14.1 Å². The number of anilines is 2. The highest BCUT2D eigenvalue weighted by Gasteiger charge is 2.25. The summed E-state index contributed by atoms with van der Waals surface area (Å²) >= 11 is 0. The predicted molar refractivity (Wildman–Crippen MR) is 105 cm³/mol. The molecule has 0 atom stereocenters. The molecule has 0 aliphatic carbocycles. The van der Waals surface area contributed by atoms with Crippen LogP contribution in [0.15, 0.2) is 22.0 Å². The van der Waals surface area contributed by atoms with Gasteiger partial charge in [0.1, 0.15) is 12.4 Å². The third-order valence-electron chi connectivity index (χ3n) is 4.13. The number of carbonyl (C=O) groups excluding carboxylic acids is 1. The van der Waals surface area contributed by atoms with Crippen LogP contribution >= 0.6 is 0 Å². The Balaban J connectivity index is 2.47. The fourth-order valence-corrected chi connectivity index (χ4v) is 2.84. The summed E-state index contributed by atoms with van der Waals surface area (Å²) in [4.78, 5) is 41.2. The Morgan fingerprint density at radius 1 is 1.37 bits per heavy atom. The highest BCUT2D eigenvalue weighted by atomic mass is 16.2. The van der Waals surface area contributed by atoms with Crippen molar-refractivity contribution in [1.82, 2.24) is 19.3 Å².